The molecule has 1 aromatic carbocycles. The number of nitrogens with zero attached hydrogens (tertiary/aromatic N) is 3. The van der Waals surface area contributed by atoms with Crippen LogP contribution in [-0.4, -0.2) is 27.3 Å². The van der Waals surface area contributed by atoms with Crippen molar-refractivity contribution in [3.8, 4) is 5.75 Å². The minimum Gasteiger partial charge on any atom is -0.493 e. The number of fused-ring (bicyclic) bond motifs is 2. The highest BCUT2D eigenvalue weighted by atomic mass is 16.5. The van der Waals surface area contributed by atoms with Gasteiger partial charge in [0.05, 0.1) is 12.6 Å². The lowest BCUT2D eigenvalue weighted by atomic mass is 10.1. The number of amides is 1. The molecule has 1 N–H and O–H groups in total. The molecule has 1 aromatic heterocycles. The molecule has 0 aliphatic carbocycles. The molecule has 1 unspecified atom stereocenters. The average Bonchev–Trinajstić information content (AvgIpc) is 3.15. The monoisotopic (exact) mass is 326 g/mol. The second-order valence-electron chi connectivity index (χ2n) is 6.55. The predicted molar refractivity (Wildman–Crippen MR) is 89.1 cm³/mol. The molecule has 0 spiro atoms. The van der Waals surface area contributed by atoms with E-state index >= 15 is 0 Å². The van der Waals surface area contributed by atoms with Gasteiger partial charge in [-0.3, -0.25) is 4.79 Å². The smallest absolute Gasteiger partial charge is 0.251 e. The van der Waals surface area contributed by atoms with E-state index in [9.17, 15) is 4.79 Å². The fourth-order valence-electron chi connectivity index (χ4n) is 3.50. The van der Waals surface area contributed by atoms with Gasteiger partial charge in [0, 0.05) is 24.9 Å². The van der Waals surface area contributed by atoms with Gasteiger partial charge in [-0.15, -0.1) is 10.2 Å². The maximum atomic E-state index is 12.6. The molecule has 24 heavy (non-hydrogen) atoms. The van der Waals surface area contributed by atoms with Crippen molar-refractivity contribution in [1.29, 1.82) is 0 Å². The Labute approximate surface area is 141 Å². The van der Waals surface area contributed by atoms with Gasteiger partial charge in [0.15, 0.2) is 5.82 Å². The van der Waals surface area contributed by atoms with E-state index in [1.54, 1.807) is 0 Å². The Kier molecular flexibility index (Phi) is 3.96. The third kappa shape index (κ3) is 2.77. The first-order valence-corrected chi connectivity index (χ1v) is 8.71. The summed E-state index contributed by atoms with van der Waals surface area (Å²) in [6.45, 7) is 3.60. The fraction of sp³-hybridized carbons (Fsp3) is 0.500. The molecule has 2 aliphatic rings. The van der Waals surface area contributed by atoms with Crippen molar-refractivity contribution < 1.29 is 9.53 Å². The van der Waals surface area contributed by atoms with E-state index in [-0.39, 0.29) is 11.9 Å². The van der Waals surface area contributed by atoms with Crippen LogP contribution in [-0.2, 0) is 19.4 Å². The van der Waals surface area contributed by atoms with Crippen LogP contribution in [0, 0.1) is 0 Å². The van der Waals surface area contributed by atoms with Gasteiger partial charge in [-0.2, -0.15) is 0 Å². The maximum Gasteiger partial charge on any atom is 0.251 e. The number of benzene rings is 1. The number of rotatable bonds is 3. The number of nitrogens with one attached hydrogen (secondary N) is 1. The highest BCUT2D eigenvalue weighted by Gasteiger charge is 2.22. The van der Waals surface area contributed by atoms with Crippen LogP contribution >= 0.6 is 0 Å². The highest BCUT2D eigenvalue weighted by molar-refractivity contribution is 5.94. The van der Waals surface area contributed by atoms with E-state index in [2.05, 4.69) is 20.1 Å². The van der Waals surface area contributed by atoms with Crippen molar-refractivity contribution in [2.45, 2.75) is 51.6 Å². The van der Waals surface area contributed by atoms with E-state index in [0.29, 0.717) is 12.2 Å². The summed E-state index contributed by atoms with van der Waals surface area (Å²) < 4.78 is 7.67. The molecule has 4 rings (SSSR count). The highest BCUT2D eigenvalue weighted by Crippen LogP contribution is 2.26. The molecule has 2 aromatic rings. The van der Waals surface area contributed by atoms with Crippen molar-refractivity contribution in [1.82, 2.24) is 20.1 Å². The van der Waals surface area contributed by atoms with Gasteiger partial charge in [-0.05, 0) is 43.5 Å². The van der Waals surface area contributed by atoms with Gasteiger partial charge in [0.1, 0.15) is 11.6 Å². The van der Waals surface area contributed by atoms with E-state index in [1.807, 2.05) is 25.1 Å². The van der Waals surface area contributed by atoms with E-state index in [4.69, 9.17) is 4.74 Å². The summed E-state index contributed by atoms with van der Waals surface area (Å²) in [4.78, 5) is 12.6. The number of carbonyl (C=O) groups is 1. The number of aromatic nitrogens is 3. The third-order valence-corrected chi connectivity index (χ3v) is 4.82. The Hall–Kier alpha value is -2.37. The lowest BCUT2D eigenvalue weighted by Crippen LogP contribution is -2.29. The summed E-state index contributed by atoms with van der Waals surface area (Å²) in [5, 5.41) is 11.7. The zero-order valence-electron chi connectivity index (χ0n) is 13.9. The second kappa shape index (κ2) is 6.26. The number of aryl methyl sites for hydroxylation is 1. The van der Waals surface area contributed by atoms with Crippen molar-refractivity contribution in [3.05, 3.63) is 41.0 Å². The third-order valence-electron chi connectivity index (χ3n) is 4.82. The summed E-state index contributed by atoms with van der Waals surface area (Å²) in [6, 6.07) is 5.46. The quantitative estimate of drug-likeness (QED) is 0.940. The van der Waals surface area contributed by atoms with Gasteiger partial charge in [-0.25, -0.2) is 0 Å². The van der Waals surface area contributed by atoms with Crippen LogP contribution < -0.4 is 10.1 Å². The molecule has 2 aliphatic heterocycles. The Morgan fingerprint density at radius 1 is 1.25 bits per heavy atom. The zero-order valence-corrected chi connectivity index (χ0v) is 13.9. The summed E-state index contributed by atoms with van der Waals surface area (Å²) >= 11 is 0. The molecule has 0 fully saturated rings. The van der Waals surface area contributed by atoms with Crippen molar-refractivity contribution in [2.75, 3.05) is 6.61 Å². The van der Waals surface area contributed by atoms with Gasteiger partial charge in [-0.1, -0.05) is 6.42 Å². The Balaban J connectivity index is 1.51. The molecule has 1 amide bonds. The SMILES string of the molecule is CC(NC(=O)c1ccc2c(c1)CCO2)c1nnc2n1CCCCC2. The molecule has 6 nitrogen and oxygen atoms in total. The van der Waals surface area contributed by atoms with Crippen molar-refractivity contribution in [3.63, 3.8) is 0 Å². The molecular formula is C18H22N4O2. The van der Waals surface area contributed by atoms with Gasteiger partial charge in [0.25, 0.3) is 5.91 Å². The summed E-state index contributed by atoms with van der Waals surface area (Å²) in [6.07, 6.45) is 5.36. The first-order valence-electron chi connectivity index (χ1n) is 8.71. The van der Waals surface area contributed by atoms with Crippen LogP contribution in [0.5, 0.6) is 5.75 Å². The molecule has 1 atom stereocenters. The maximum absolute atomic E-state index is 12.6. The van der Waals surface area contributed by atoms with Crippen LogP contribution in [0.2, 0.25) is 0 Å². The molecule has 0 radical (unpaired) electrons. The van der Waals surface area contributed by atoms with Crippen LogP contribution in [0.25, 0.3) is 0 Å². The molecule has 3 heterocycles. The topological polar surface area (TPSA) is 69.0 Å². The first-order chi connectivity index (χ1) is 11.7. The Morgan fingerprint density at radius 2 is 2.17 bits per heavy atom. The molecule has 0 saturated carbocycles. The Bertz CT molecular complexity index is 768. The minimum atomic E-state index is -0.165. The number of hydrogen-bond acceptors (Lipinski definition) is 4. The number of ether oxygens (including phenoxy) is 1. The van der Waals surface area contributed by atoms with Crippen molar-refractivity contribution >= 4 is 5.91 Å². The predicted octanol–water partition coefficient (Wildman–Crippen LogP) is 2.43. The fourth-order valence-corrected chi connectivity index (χ4v) is 3.50. The van der Waals surface area contributed by atoms with Crippen LogP contribution in [0.1, 0.15) is 59.8 Å². The average molecular weight is 326 g/mol. The normalized spacial score (nSPS) is 17.4. The lowest BCUT2D eigenvalue weighted by Gasteiger charge is -2.15. The summed E-state index contributed by atoms with van der Waals surface area (Å²) in [5.74, 6) is 2.70. The van der Waals surface area contributed by atoms with E-state index in [1.165, 1.54) is 6.42 Å². The summed E-state index contributed by atoms with van der Waals surface area (Å²) in [5.41, 5.74) is 1.77. The van der Waals surface area contributed by atoms with Crippen molar-refractivity contribution in [2.24, 2.45) is 0 Å². The standard InChI is InChI=1S/C18H22N4O2/c1-12(17-21-20-16-5-3-2-4-9-22(16)17)19-18(23)14-6-7-15-13(11-14)8-10-24-15/h6-7,11-12H,2-5,8-10H2,1H3,(H,19,23). The van der Waals surface area contributed by atoms with Gasteiger partial charge in [0.2, 0.25) is 0 Å². The Morgan fingerprint density at radius 3 is 3.08 bits per heavy atom. The summed E-state index contributed by atoms with van der Waals surface area (Å²) in [7, 11) is 0. The lowest BCUT2D eigenvalue weighted by molar-refractivity contribution is 0.0937. The van der Waals surface area contributed by atoms with E-state index in [0.717, 1.165) is 55.2 Å². The van der Waals surface area contributed by atoms with Gasteiger partial charge >= 0.3 is 0 Å². The molecule has 0 saturated heterocycles. The van der Waals surface area contributed by atoms with Crippen LogP contribution in [0.3, 0.4) is 0 Å². The van der Waals surface area contributed by atoms with Crippen LogP contribution in [0.4, 0.5) is 0 Å². The molecule has 6 heteroatoms. The largest absolute Gasteiger partial charge is 0.493 e. The molecule has 126 valence electrons. The number of carbonyl (C=O) groups excluding carboxylic acids is 1. The van der Waals surface area contributed by atoms with Gasteiger partial charge < -0.3 is 14.6 Å². The minimum absolute atomic E-state index is 0.0804. The number of hydrogen-bond donors (Lipinski definition) is 1. The zero-order chi connectivity index (χ0) is 16.5. The van der Waals surface area contributed by atoms with Crippen LogP contribution in [0.15, 0.2) is 18.2 Å². The van der Waals surface area contributed by atoms with E-state index < -0.39 is 0 Å². The first kappa shape index (κ1) is 15.2. The molecule has 0 bridgehead atoms. The molecular weight excluding hydrogens is 304 g/mol. The second-order valence-corrected chi connectivity index (χ2v) is 6.55.